The van der Waals surface area contributed by atoms with E-state index in [4.69, 9.17) is 10.5 Å². The first-order chi connectivity index (χ1) is 9.71. The van der Waals surface area contributed by atoms with Crippen molar-refractivity contribution >= 4 is 6.08 Å². The number of nitrogens with zero attached hydrogens (tertiary/aromatic N) is 1. The van der Waals surface area contributed by atoms with E-state index in [0.717, 1.165) is 56.8 Å². The first kappa shape index (κ1) is 13.6. The molecule has 0 saturated carbocycles. The lowest BCUT2D eigenvalue weighted by Crippen LogP contribution is -2.47. The van der Waals surface area contributed by atoms with Gasteiger partial charge in [-0.1, -0.05) is 6.08 Å². The monoisotopic (exact) mass is 276 g/mol. The SMILES string of the molecule is NCCCN1CCC2(C=Cc3cc(F)ccc3O2)CC1. The van der Waals surface area contributed by atoms with Gasteiger partial charge in [0.1, 0.15) is 17.2 Å². The third-order valence-corrected chi connectivity index (χ3v) is 4.23. The number of hydrogen-bond acceptors (Lipinski definition) is 3. The summed E-state index contributed by atoms with van der Waals surface area (Å²) in [5.41, 5.74) is 6.18. The molecular formula is C16H21FN2O. The third-order valence-electron chi connectivity index (χ3n) is 4.23. The molecule has 3 nitrogen and oxygen atoms in total. The normalized spacial score (nSPS) is 20.7. The number of piperidine rings is 1. The molecule has 1 aromatic rings. The second-order valence-electron chi connectivity index (χ2n) is 5.67. The zero-order valence-electron chi connectivity index (χ0n) is 11.6. The standard InChI is InChI=1S/C16H21FN2O/c17-14-2-3-15-13(12-14)4-5-16(20-15)6-10-19(11-7-16)9-1-8-18/h2-5,12H,1,6-11,18H2. The van der Waals surface area contributed by atoms with Crippen molar-refractivity contribution < 1.29 is 9.13 Å². The smallest absolute Gasteiger partial charge is 0.130 e. The molecular weight excluding hydrogens is 255 g/mol. The van der Waals surface area contributed by atoms with Gasteiger partial charge >= 0.3 is 0 Å². The van der Waals surface area contributed by atoms with Crippen LogP contribution < -0.4 is 10.5 Å². The van der Waals surface area contributed by atoms with Crippen LogP contribution in [0.3, 0.4) is 0 Å². The Hall–Kier alpha value is -1.39. The second-order valence-corrected chi connectivity index (χ2v) is 5.67. The molecule has 2 aliphatic heterocycles. The van der Waals surface area contributed by atoms with E-state index in [1.807, 2.05) is 6.08 Å². The Bertz CT molecular complexity index is 507. The third kappa shape index (κ3) is 2.72. The zero-order valence-corrected chi connectivity index (χ0v) is 11.6. The molecule has 108 valence electrons. The van der Waals surface area contributed by atoms with Crippen molar-refractivity contribution in [3.63, 3.8) is 0 Å². The summed E-state index contributed by atoms with van der Waals surface area (Å²) >= 11 is 0. The van der Waals surface area contributed by atoms with E-state index in [9.17, 15) is 4.39 Å². The van der Waals surface area contributed by atoms with Crippen molar-refractivity contribution in [2.75, 3.05) is 26.2 Å². The summed E-state index contributed by atoms with van der Waals surface area (Å²) in [6.07, 6.45) is 7.11. The molecule has 0 aromatic heterocycles. The molecule has 0 atom stereocenters. The number of likely N-dealkylation sites (tertiary alicyclic amines) is 1. The van der Waals surface area contributed by atoms with Gasteiger partial charge in [-0.25, -0.2) is 4.39 Å². The van der Waals surface area contributed by atoms with Gasteiger partial charge in [-0.2, -0.15) is 0 Å². The first-order valence-corrected chi connectivity index (χ1v) is 7.31. The van der Waals surface area contributed by atoms with Crippen LogP contribution in [-0.2, 0) is 0 Å². The molecule has 2 aliphatic rings. The van der Waals surface area contributed by atoms with Crippen molar-refractivity contribution in [1.29, 1.82) is 0 Å². The minimum Gasteiger partial charge on any atom is -0.482 e. The summed E-state index contributed by atoms with van der Waals surface area (Å²) in [6, 6.07) is 4.72. The molecule has 20 heavy (non-hydrogen) atoms. The predicted molar refractivity (Wildman–Crippen MR) is 78.1 cm³/mol. The van der Waals surface area contributed by atoms with E-state index in [-0.39, 0.29) is 11.4 Å². The van der Waals surface area contributed by atoms with Gasteiger partial charge in [-0.05, 0) is 43.8 Å². The van der Waals surface area contributed by atoms with Gasteiger partial charge < -0.3 is 15.4 Å². The van der Waals surface area contributed by atoms with Crippen molar-refractivity contribution in [3.8, 4) is 5.75 Å². The Kier molecular flexibility index (Phi) is 3.76. The van der Waals surface area contributed by atoms with Crippen LogP contribution in [0.1, 0.15) is 24.8 Å². The van der Waals surface area contributed by atoms with Crippen LogP contribution in [0.25, 0.3) is 6.08 Å². The van der Waals surface area contributed by atoms with Crippen LogP contribution in [0, 0.1) is 5.82 Å². The number of fused-ring (bicyclic) bond motifs is 1. The Morgan fingerprint density at radius 3 is 2.85 bits per heavy atom. The van der Waals surface area contributed by atoms with Gasteiger partial charge in [0.25, 0.3) is 0 Å². The molecule has 1 spiro atoms. The average molecular weight is 276 g/mol. The molecule has 1 fully saturated rings. The van der Waals surface area contributed by atoms with Gasteiger partial charge in [-0.3, -0.25) is 0 Å². The number of rotatable bonds is 3. The first-order valence-electron chi connectivity index (χ1n) is 7.31. The van der Waals surface area contributed by atoms with Crippen molar-refractivity contribution in [2.24, 2.45) is 5.73 Å². The number of ether oxygens (including phenoxy) is 1. The lowest BCUT2D eigenvalue weighted by molar-refractivity contribution is 0.0386. The highest BCUT2D eigenvalue weighted by molar-refractivity contribution is 5.61. The van der Waals surface area contributed by atoms with E-state index in [2.05, 4.69) is 11.0 Å². The van der Waals surface area contributed by atoms with Crippen LogP contribution in [0.4, 0.5) is 4.39 Å². The Balaban J connectivity index is 1.67. The van der Waals surface area contributed by atoms with Crippen LogP contribution >= 0.6 is 0 Å². The van der Waals surface area contributed by atoms with E-state index in [1.165, 1.54) is 12.1 Å². The number of nitrogens with two attached hydrogens (primary N) is 1. The maximum absolute atomic E-state index is 13.2. The van der Waals surface area contributed by atoms with Gasteiger partial charge in [0.15, 0.2) is 0 Å². The fourth-order valence-corrected chi connectivity index (χ4v) is 2.98. The Morgan fingerprint density at radius 1 is 1.30 bits per heavy atom. The molecule has 4 heteroatoms. The van der Waals surface area contributed by atoms with Gasteiger partial charge in [0.2, 0.25) is 0 Å². The molecule has 0 aliphatic carbocycles. The quantitative estimate of drug-likeness (QED) is 0.921. The fraction of sp³-hybridized carbons (Fsp3) is 0.500. The molecule has 1 saturated heterocycles. The highest BCUT2D eigenvalue weighted by atomic mass is 19.1. The minimum absolute atomic E-state index is 0.204. The number of benzene rings is 1. The maximum Gasteiger partial charge on any atom is 0.130 e. The average Bonchev–Trinajstić information content (AvgIpc) is 2.47. The van der Waals surface area contributed by atoms with E-state index in [0.29, 0.717) is 0 Å². The molecule has 2 heterocycles. The van der Waals surface area contributed by atoms with E-state index in [1.54, 1.807) is 6.07 Å². The summed E-state index contributed by atoms with van der Waals surface area (Å²) in [5, 5.41) is 0. The van der Waals surface area contributed by atoms with Crippen molar-refractivity contribution in [2.45, 2.75) is 24.9 Å². The predicted octanol–water partition coefficient (Wildman–Crippen LogP) is 2.41. The Morgan fingerprint density at radius 2 is 2.10 bits per heavy atom. The minimum atomic E-state index is -0.218. The van der Waals surface area contributed by atoms with Gasteiger partial charge in [0.05, 0.1) is 0 Å². The lowest BCUT2D eigenvalue weighted by atomic mass is 9.88. The van der Waals surface area contributed by atoms with Crippen molar-refractivity contribution in [3.05, 3.63) is 35.7 Å². The highest BCUT2D eigenvalue weighted by Crippen LogP contribution is 2.37. The van der Waals surface area contributed by atoms with Crippen LogP contribution in [0.15, 0.2) is 24.3 Å². The van der Waals surface area contributed by atoms with Gasteiger partial charge in [-0.15, -0.1) is 0 Å². The summed E-state index contributed by atoms with van der Waals surface area (Å²) in [7, 11) is 0. The van der Waals surface area contributed by atoms with Crippen LogP contribution in [0.5, 0.6) is 5.75 Å². The highest BCUT2D eigenvalue weighted by Gasteiger charge is 2.36. The fourth-order valence-electron chi connectivity index (χ4n) is 2.98. The van der Waals surface area contributed by atoms with Crippen molar-refractivity contribution in [1.82, 2.24) is 4.90 Å². The maximum atomic E-state index is 13.2. The molecule has 0 bridgehead atoms. The molecule has 0 amide bonds. The van der Waals surface area contributed by atoms with E-state index < -0.39 is 0 Å². The molecule has 2 N–H and O–H groups in total. The summed E-state index contributed by atoms with van der Waals surface area (Å²) < 4.78 is 19.4. The molecule has 0 radical (unpaired) electrons. The largest absolute Gasteiger partial charge is 0.482 e. The van der Waals surface area contributed by atoms with Crippen LogP contribution in [0.2, 0.25) is 0 Å². The molecule has 3 rings (SSSR count). The molecule has 0 unspecified atom stereocenters. The number of halogens is 1. The summed E-state index contributed by atoms with van der Waals surface area (Å²) in [6.45, 7) is 3.87. The zero-order chi connectivity index (χ0) is 14.0. The second kappa shape index (κ2) is 5.54. The van der Waals surface area contributed by atoms with E-state index >= 15 is 0 Å². The lowest BCUT2D eigenvalue weighted by Gasteiger charge is -2.42. The molecule has 1 aromatic carbocycles. The summed E-state index contributed by atoms with van der Waals surface area (Å²) in [4.78, 5) is 2.44. The summed E-state index contributed by atoms with van der Waals surface area (Å²) in [5.74, 6) is 0.578. The Labute approximate surface area is 119 Å². The topological polar surface area (TPSA) is 38.5 Å². The van der Waals surface area contributed by atoms with Crippen LogP contribution in [-0.4, -0.2) is 36.7 Å². The van der Waals surface area contributed by atoms with Gasteiger partial charge in [0, 0.05) is 31.5 Å². The number of hydrogen-bond donors (Lipinski definition) is 1.